The number of allylic oxidation sites excluding steroid dienone is 6. The standard InChI is InChI=1S/C56H35N3/c57-35-36-21-23-37(24-22-36)38-11-10-12-41(31-38)58-53-19-8-6-17-48(53)51-32-39(25-29-55(51)58)40-26-30-56-52(33-40)49-18-7-9-20-54(49)59(56)42-27-28-47-45-16-5-4-15-43(45)44-13-2-1-3-14-46(44)50(47)34-42/h1-34,44H. The lowest BCUT2D eigenvalue weighted by molar-refractivity contribution is 1.08. The Bertz CT molecular complexity index is 3510. The van der Waals surface area contributed by atoms with Gasteiger partial charge in [-0.1, -0.05) is 134 Å². The van der Waals surface area contributed by atoms with Crippen LogP contribution in [0.3, 0.4) is 0 Å². The molecule has 10 aromatic rings. The Labute approximate surface area is 342 Å². The van der Waals surface area contributed by atoms with Crippen LogP contribution in [0.15, 0.2) is 206 Å². The zero-order valence-corrected chi connectivity index (χ0v) is 32.0. The minimum absolute atomic E-state index is 0.218. The smallest absolute Gasteiger partial charge is 0.0991 e. The van der Waals surface area contributed by atoms with Crippen molar-refractivity contribution >= 4 is 49.2 Å². The zero-order chi connectivity index (χ0) is 39.0. The summed E-state index contributed by atoms with van der Waals surface area (Å²) < 4.78 is 4.81. The van der Waals surface area contributed by atoms with E-state index in [4.69, 9.17) is 0 Å². The van der Waals surface area contributed by atoms with E-state index in [0.717, 1.165) is 28.0 Å². The topological polar surface area (TPSA) is 33.6 Å². The number of hydrogen-bond donors (Lipinski definition) is 0. The molecule has 59 heavy (non-hydrogen) atoms. The largest absolute Gasteiger partial charge is 0.309 e. The van der Waals surface area contributed by atoms with Gasteiger partial charge in [-0.05, 0) is 123 Å². The van der Waals surface area contributed by atoms with E-state index in [9.17, 15) is 5.26 Å². The van der Waals surface area contributed by atoms with Crippen LogP contribution in [0.5, 0.6) is 0 Å². The average Bonchev–Trinajstić information content (AvgIpc) is 3.68. The molecule has 8 aromatic carbocycles. The lowest BCUT2D eigenvalue weighted by Gasteiger charge is -2.29. The van der Waals surface area contributed by atoms with E-state index in [1.165, 1.54) is 77.0 Å². The van der Waals surface area contributed by atoms with Gasteiger partial charge >= 0.3 is 0 Å². The van der Waals surface area contributed by atoms with E-state index in [2.05, 4.69) is 197 Å². The second-order valence-corrected chi connectivity index (χ2v) is 15.6. The van der Waals surface area contributed by atoms with Gasteiger partial charge < -0.3 is 9.13 Å². The van der Waals surface area contributed by atoms with E-state index in [-0.39, 0.29) is 5.92 Å². The van der Waals surface area contributed by atoms with E-state index >= 15 is 0 Å². The Morgan fingerprint density at radius 2 is 1.02 bits per heavy atom. The summed E-state index contributed by atoms with van der Waals surface area (Å²) in [6.45, 7) is 0. The van der Waals surface area contributed by atoms with E-state index < -0.39 is 0 Å². The quantitative estimate of drug-likeness (QED) is 0.176. The molecule has 1 unspecified atom stereocenters. The van der Waals surface area contributed by atoms with Crippen molar-refractivity contribution in [3.05, 3.63) is 223 Å². The summed E-state index contributed by atoms with van der Waals surface area (Å²) in [5, 5.41) is 14.2. The van der Waals surface area contributed by atoms with Gasteiger partial charge in [0.25, 0.3) is 0 Å². The van der Waals surface area contributed by atoms with Gasteiger partial charge in [-0.15, -0.1) is 0 Å². The number of para-hydroxylation sites is 2. The molecule has 0 spiro atoms. The molecule has 12 rings (SSSR count). The van der Waals surface area contributed by atoms with Gasteiger partial charge in [0.2, 0.25) is 0 Å². The molecule has 0 radical (unpaired) electrons. The number of rotatable bonds is 4. The summed E-state index contributed by atoms with van der Waals surface area (Å²) in [5.74, 6) is 0.218. The summed E-state index contributed by atoms with van der Waals surface area (Å²) >= 11 is 0. The highest BCUT2D eigenvalue weighted by atomic mass is 15.0. The van der Waals surface area contributed by atoms with Crippen molar-refractivity contribution in [2.45, 2.75) is 5.92 Å². The minimum Gasteiger partial charge on any atom is -0.309 e. The molecular formula is C56H35N3. The van der Waals surface area contributed by atoms with Crippen LogP contribution < -0.4 is 0 Å². The van der Waals surface area contributed by atoms with Crippen molar-refractivity contribution in [2.24, 2.45) is 0 Å². The molecule has 0 N–H and O–H groups in total. The normalized spacial score (nSPS) is 14.2. The highest BCUT2D eigenvalue weighted by Crippen LogP contribution is 2.49. The first-order chi connectivity index (χ1) is 29.2. The molecule has 0 amide bonds. The van der Waals surface area contributed by atoms with Crippen LogP contribution in [0.1, 0.15) is 22.6 Å². The highest BCUT2D eigenvalue weighted by Gasteiger charge is 2.28. The number of nitrogens with zero attached hydrogens (tertiary/aromatic N) is 3. The van der Waals surface area contributed by atoms with Crippen LogP contribution in [-0.2, 0) is 0 Å². The van der Waals surface area contributed by atoms with Gasteiger partial charge in [-0.25, -0.2) is 0 Å². The Morgan fingerprint density at radius 3 is 1.73 bits per heavy atom. The van der Waals surface area contributed by atoms with Crippen LogP contribution in [0.25, 0.3) is 93.9 Å². The lowest BCUT2D eigenvalue weighted by atomic mass is 9.75. The second-order valence-electron chi connectivity index (χ2n) is 15.6. The molecule has 0 bridgehead atoms. The third kappa shape index (κ3) is 5.14. The van der Waals surface area contributed by atoms with Crippen molar-refractivity contribution in [3.8, 4) is 50.8 Å². The maximum Gasteiger partial charge on any atom is 0.0991 e. The maximum absolute atomic E-state index is 9.33. The van der Waals surface area contributed by atoms with Crippen molar-refractivity contribution in [1.29, 1.82) is 5.26 Å². The fourth-order valence-corrected chi connectivity index (χ4v) is 9.72. The van der Waals surface area contributed by atoms with Gasteiger partial charge in [0.1, 0.15) is 0 Å². The molecule has 2 aromatic heterocycles. The molecule has 0 saturated heterocycles. The Kier molecular flexibility index (Phi) is 7.36. The van der Waals surface area contributed by atoms with Crippen LogP contribution in [0, 0.1) is 11.3 Å². The third-order valence-electron chi connectivity index (χ3n) is 12.4. The maximum atomic E-state index is 9.33. The highest BCUT2D eigenvalue weighted by molar-refractivity contribution is 6.13. The molecule has 2 aliphatic rings. The molecule has 1 atom stereocenters. The van der Waals surface area contributed by atoms with Crippen LogP contribution in [0.4, 0.5) is 0 Å². The van der Waals surface area contributed by atoms with Crippen LogP contribution >= 0.6 is 0 Å². The number of fused-ring (bicyclic) bond motifs is 12. The molecule has 0 fully saturated rings. The fourth-order valence-electron chi connectivity index (χ4n) is 9.72. The number of nitriles is 1. The molecule has 2 heterocycles. The van der Waals surface area contributed by atoms with Gasteiger partial charge in [-0.2, -0.15) is 5.26 Å². The average molecular weight is 750 g/mol. The SMILES string of the molecule is N#Cc1ccc(-c2cccc(-n3c4ccccc4c4cc(-c5ccc6c(c5)c5ccccc5n6-c5ccc6c(c5)C5=CC=CC=CC5c5ccccc5-6)ccc43)c2)cc1. The van der Waals surface area contributed by atoms with Gasteiger partial charge in [0.05, 0.1) is 33.7 Å². The van der Waals surface area contributed by atoms with E-state index in [1.54, 1.807) is 0 Å². The fraction of sp³-hybridized carbons (Fsp3) is 0.0179. The molecule has 3 heteroatoms. The van der Waals surface area contributed by atoms with Gasteiger partial charge in [0, 0.05) is 38.8 Å². The number of aromatic nitrogens is 2. The monoisotopic (exact) mass is 749 g/mol. The lowest BCUT2D eigenvalue weighted by Crippen LogP contribution is -2.09. The molecule has 2 aliphatic carbocycles. The Morgan fingerprint density at radius 1 is 0.407 bits per heavy atom. The van der Waals surface area contributed by atoms with Crippen molar-refractivity contribution in [2.75, 3.05) is 0 Å². The second kappa shape index (κ2) is 13.1. The van der Waals surface area contributed by atoms with Crippen LogP contribution in [0.2, 0.25) is 0 Å². The third-order valence-corrected chi connectivity index (χ3v) is 12.4. The molecule has 274 valence electrons. The zero-order valence-electron chi connectivity index (χ0n) is 32.0. The van der Waals surface area contributed by atoms with Crippen LogP contribution in [-0.4, -0.2) is 9.13 Å². The first-order valence-corrected chi connectivity index (χ1v) is 20.2. The van der Waals surface area contributed by atoms with Crippen molar-refractivity contribution in [3.63, 3.8) is 0 Å². The Balaban J connectivity index is 0.989. The van der Waals surface area contributed by atoms with E-state index in [0.29, 0.717) is 5.56 Å². The van der Waals surface area contributed by atoms with Gasteiger partial charge in [0.15, 0.2) is 0 Å². The summed E-state index contributed by atoms with van der Waals surface area (Å²) in [6, 6.07) is 66.0. The minimum atomic E-state index is 0.218. The molecule has 3 nitrogen and oxygen atoms in total. The van der Waals surface area contributed by atoms with Crippen molar-refractivity contribution in [1.82, 2.24) is 9.13 Å². The number of hydrogen-bond acceptors (Lipinski definition) is 1. The molecule has 0 saturated carbocycles. The first-order valence-electron chi connectivity index (χ1n) is 20.2. The molecule has 0 aliphatic heterocycles. The summed E-state index contributed by atoms with van der Waals surface area (Å²) in [4.78, 5) is 0. The summed E-state index contributed by atoms with van der Waals surface area (Å²) in [5.41, 5.74) is 18.8. The Hall–Kier alpha value is -7.93. The van der Waals surface area contributed by atoms with Crippen molar-refractivity contribution < 1.29 is 0 Å². The summed E-state index contributed by atoms with van der Waals surface area (Å²) in [6.07, 6.45) is 11.1. The first kappa shape index (κ1) is 33.2. The summed E-state index contributed by atoms with van der Waals surface area (Å²) in [7, 11) is 0. The predicted octanol–water partition coefficient (Wildman–Crippen LogP) is 14.4. The number of benzene rings is 8. The molecular weight excluding hydrogens is 715 g/mol. The van der Waals surface area contributed by atoms with E-state index in [1.807, 2.05) is 24.3 Å². The van der Waals surface area contributed by atoms with Gasteiger partial charge in [-0.3, -0.25) is 0 Å². The predicted molar refractivity (Wildman–Crippen MR) is 245 cm³/mol.